The quantitative estimate of drug-likeness (QED) is 0.569. The first kappa shape index (κ1) is 18.8. The van der Waals surface area contributed by atoms with E-state index < -0.39 is 0 Å². The van der Waals surface area contributed by atoms with E-state index in [1.807, 2.05) is 28.5 Å². The third-order valence-electron chi connectivity index (χ3n) is 7.29. The van der Waals surface area contributed by atoms with Gasteiger partial charge in [0, 0.05) is 16.2 Å². The number of imidazole rings is 1. The van der Waals surface area contributed by atoms with Crippen molar-refractivity contribution in [1.29, 1.82) is 0 Å². The summed E-state index contributed by atoms with van der Waals surface area (Å²) in [4.78, 5) is 16.2. The van der Waals surface area contributed by atoms with Crippen LogP contribution in [0.25, 0.3) is 0 Å². The highest BCUT2D eigenvalue weighted by Crippen LogP contribution is 2.63. The van der Waals surface area contributed by atoms with Crippen molar-refractivity contribution in [1.82, 2.24) is 9.55 Å². The van der Waals surface area contributed by atoms with Crippen molar-refractivity contribution in [3.63, 3.8) is 0 Å². The summed E-state index contributed by atoms with van der Waals surface area (Å²) >= 11 is 8.06. The molecular weight excluding hydrogens is 419 g/mol. The minimum atomic E-state index is -0.260. The molecular formula is C24H22ClFN2OS. The van der Waals surface area contributed by atoms with Gasteiger partial charge >= 0.3 is 5.69 Å². The van der Waals surface area contributed by atoms with Crippen LogP contribution in [0.5, 0.6) is 0 Å². The summed E-state index contributed by atoms with van der Waals surface area (Å²) < 4.78 is 15.2. The molecule has 2 bridgehead atoms. The number of benzene rings is 2. The zero-order valence-corrected chi connectivity index (χ0v) is 17.9. The van der Waals surface area contributed by atoms with E-state index >= 15 is 0 Å². The number of hydrogen-bond donors (Lipinski definition) is 1. The molecule has 3 aliphatic rings. The summed E-state index contributed by atoms with van der Waals surface area (Å²) in [5, 5.41) is 2.33. The predicted octanol–water partition coefficient (Wildman–Crippen LogP) is 5.67. The molecule has 3 nitrogen and oxygen atoms in total. The molecule has 0 amide bonds. The Bertz CT molecular complexity index is 1150. The maximum atomic E-state index is 13.3. The van der Waals surface area contributed by atoms with Crippen molar-refractivity contribution in [2.45, 2.75) is 42.0 Å². The summed E-state index contributed by atoms with van der Waals surface area (Å²) in [5.74, 6) is 1.95. The van der Waals surface area contributed by atoms with E-state index in [4.69, 9.17) is 11.6 Å². The highest BCUT2D eigenvalue weighted by Gasteiger charge is 2.55. The monoisotopic (exact) mass is 440 g/mol. The Morgan fingerprint density at radius 1 is 1.07 bits per heavy atom. The molecule has 0 unspecified atom stereocenters. The molecule has 1 aromatic heterocycles. The van der Waals surface area contributed by atoms with Crippen LogP contribution < -0.4 is 5.69 Å². The van der Waals surface area contributed by atoms with E-state index in [1.165, 1.54) is 37.0 Å². The van der Waals surface area contributed by atoms with E-state index in [0.29, 0.717) is 17.7 Å². The van der Waals surface area contributed by atoms with E-state index in [9.17, 15) is 9.18 Å². The van der Waals surface area contributed by atoms with Crippen molar-refractivity contribution >= 4 is 23.4 Å². The fourth-order valence-electron chi connectivity index (χ4n) is 6.03. The molecule has 2 aliphatic carbocycles. The second kappa shape index (κ2) is 7.03. The van der Waals surface area contributed by atoms with Gasteiger partial charge in [-0.3, -0.25) is 4.57 Å². The molecule has 6 rings (SSSR count). The minimum absolute atomic E-state index is 0.0805. The van der Waals surface area contributed by atoms with Crippen LogP contribution in [0, 0.1) is 23.6 Å². The lowest BCUT2D eigenvalue weighted by Gasteiger charge is -2.40. The van der Waals surface area contributed by atoms with Crippen molar-refractivity contribution in [3.8, 4) is 0 Å². The summed E-state index contributed by atoms with van der Waals surface area (Å²) in [6.45, 7) is 0.455. The fraction of sp³-hybridized carbons (Fsp3) is 0.375. The van der Waals surface area contributed by atoms with Gasteiger partial charge in [0.1, 0.15) is 5.82 Å². The van der Waals surface area contributed by atoms with Gasteiger partial charge in [0.25, 0.3) is 0 Å². The molecule has 30 heavy (non-hydrogen) atoms. The first-order valence-corrected chi connectivity index (χ1v) is 11.8. The second-order valence-electron chi connectivity index (χ2n) is 8.88. The van der Waals surface area contributed by atoms with E-state index in [0.717, 1.165) is 33.1 Å². The van der Waals surface area contributed by atoms with Gasteiger partial charge in [-0.2, -0.15) is 0 Å². The van der Waals surface area contributed by atoms with Crippen LogP contribution in [-0.4, -0.2) is 14.8 Å². The summed E-state index contributed by atoms with van der Waals surface area (Å²) in [6, 6.07) is 14.6. The van der Waals surface area contributed by atoms with Crippen LogP contribution in [0.4, 0.5) is 4.39 Å². The molecule has 3 aromatic rings. The highest BCUT2D eigenvalue weighted by molar-refractivity contribution is 8.00. The maximum Gasteiger partial charge on any atom is 0.326 e. The van der Waals surface area contributed by atoms with E-state index in [-0.39, 0.29) is 17.4 Å². The highest BCUT2D eigenvalue weighted by atomic mass is 35.5. The van der Waals surface area contributed by atoms with Gasteiger partial charge in [0.2, 0.25) is 0 Å². The van der Waals surface area contributed by atoms with E-state index in [1.54, 1.807) is 12.1 Å². The fourth-order valence-corrected chi connectivity index (χ4v) is 7.97. The Balaban J connectivity index is 1.47. The normalized spacial score (nSPS) is 29.1. The Morgan fingerprint density at radius 3 is 2.57 bits per heavy atom. The average molecular weight is 441 g/mol. The summed E-state index contributed by atoms with van der Waals surface area (Å²) in [5.41, 5.74) is 3.13. The number of halogens is 2. The van der Waals surface area contributed by atoms with Crippen LogP contribution in [-0.2, 0) is 6.54 Å². The standard InChI is InChI=1S/C24H22ClFN2OS/c25-17-7-5-14(6-8-17)19-20-15-3-4-16(11-15)22(20)30-23-21(19)27-24(29)28(23)12-13-1-9-18(26)10-2-13/h1-2,5-10,15-16,19-20,22H,3-4,11-12H2,(H,27,29)/t15-,16+,19-,20+,22+/m1/s1. The molecule has 1 aliphatic heterocycles. The zero-order chi connectivity index (χ0) is 20.4. The van der Waals surface area contributed by atoms with Crippen LogP contribution in [0.2, 0.25) is 5.02 Å². The zero-order valence-electron chi connectivity index (χ0n) is 16.4. The molecule has 1 N–H and O–H groups in total. The number of thioether (sulfide) groups is 1. The third kappa shape index (κ3) is 2.89. The first-order chi connectivity index (χ1) is 14.6. The first-order valence-electron chi connectivity index (χ1n) is 10.6. The Hall–Kier alpha value is -1.98. The smallest absolute Gasteiger partial charge is 0.308 e. The van der Waals surface area contributed by atoms with Gasteiger partial charge in [-0.25, -0.2) is 9.18 Å². The van der Waals surface area contributed by atoms with Crippen LogP contribution in [0.3, 0.4) is 0 Å². The lowest BCUT2D eigenvalue weighted by Crippen LogP contribution is -2.34. The Kier molecular flexibility index (Phi) is 4.40. The number of aromatic nitrogens is 2. The largest absolute Gasteiger partial charge is 0.326 e. The van der Waals surface area contributed by atoms with Crippen LogP contribution >= 0.6 is 23.4 Å². The van der Waals surface area contributed by atoms with E-state index in [2.05, 4.69) is 17.1 Å². The minimum Gasteiger partial charge on any atom is -0.308 e. The number of aromatic amines is 1. The maximum absolute atomic E-state index is 13.3. The topological polar surface area (TPSA) is 37.8 Å². The molecule has 154 valence electrons. The molecule has 6 heteroatoms. The Labute approximate surface area is 183 Å². The number of H-pyrrole nitrogens is 1. The number of nitrogens with zero attached hydrogens (tertiary/aromatic N) is 1. The average Bonchev–Trinajstić information content (AvgIpc) is 3.43. The summed E-state index contributed by atoms with van der Waals surface area (Å²) in [7, 11) is 0. The summed E-state index contributed by atoms with van der Waals surface area (Å²) in [6.07, 6.45) is 3.90. The van der Waals surface area contributed by atoms with Gasteiger partial charge in [-0.05, 0) is 72.4 Å². The molecule has 2 fully saturated rings. The van der Waals surface area contributed by atoms with Crippen molar-refractivity contribution in [2.24, 2.45) is 17.8 Å². The van der Waals surface area contributed by atoms with Crippen molar-refractivity contribution in [3.05, 3.63) is 86.7 Å². The number of fused-ring (bicyclic) bond motifs is 6. The number of hydrogen-bond acceptors (Lipinski definition) is 2. The Morgan fingerprint density at radius 2 is 1.80 bits per heavy atom. The van der Waals surface area contributed by atoms with Gasteiger partial charge in [0.15, 0.2) is 0 Å². The molecule has 5 atom stereocenters. The number of nitrogens with one attached hydrogen (secondary N) is 1. The van der Waals surface area contributed by atoms with Gasteiger partial charge in [0.05, 0.1) is 17.3 Å². The van der Waals surface area contributed by atoms with Gasteiger partial charge in [-0.1, -0.05) is 35.9 Å². The molecule has 0 radical (unpaired) electrons. The molecule has 0 spiro atoms. The lowest BCUT2D eigenvalue weighted by atomic mass is 9.74. The predicted molar refractivity (Wildman–Crippen MR) is 118 cm³/mol. The third-order valence-corrected chi connectivity index (χ3v) is 9.18. The molecule has 2 heterocycles. The molecule has 2 aromatic carbocycles. The van der Waals surface area contributed by atoms with Crippen LogP contribution in [0.1, 0.15) is 42.0 Å². The van der Waals surface area contributed by atoms with Crippen LogP contribution in [0.15, 0.2) is 58.4 Å². The SMILES string of the molecule is O=c1[nH]c2c(n1Cc1ccc(F)cc1)S[C@H]1[C@H]3CC[C@H](C3)[C@H]1[C@H]2c1ccc(Cl)cc1. The lowest BCUT2D eigenvalue weighted by molar-refractivity contribution is 0.301. The molecule has 0 saturated heterocycles. The number of rotatable bonds is 3. The van der Waals surface area contributed by atoms with Gasteiger partial charge in [-0.15, -0.1) is 11.8 Å². The van der Waals surface area contributed by atoms with Gasteiger partial charge < -0.3 is 4.98 Å². The van der Waals surface area contributed by atoms with Crippen molar-refractivity contribution in [2.75, 3.05) is 0 Å². The molecule has 2 saturated carbocycles. The van der Waals surface area contributed by atoms with Crippen molar-refractivity contribution < 1.29 is 4.39 Å². The second-order valence-corrected chi connectivity index (χ2v) is 10.5.